The third-order valence-corrected chi connectivity index (χ3v) is 10.2. The topological polar surface area (TPSA) is 40.5 Å². The maximum absolute atomic E-state index is 11.2. The molecule has 4 rings (SSSR count). The summed E-state index contributed by atoms with van der Waals surface area (Å²) in [7, 11) is 0. The van der Waals surface area contributed by atoms with E-state index in [2.05, 4.69) is 40.7 Å². The fourth-order valence-electron chi connectivity index (χ4n) is 8.75. The molecule has 4 aliphatic rings. The number of allylic oxidation sites excluding steroid dienone is 1. The average molecular weight is 403 g/mol. The average Bonchev–Trinajstić information content (AvgIpc) is 2.92. The van der Waals surface area contributed by atoms with Crippen molar-refractivity contribution in [1.29, 1.82) is 0 Å². The normalized spacial score (nSPS) is 47.9. The number of rotatable bonds is 5. The van der Waals surface area contributed by atoms with Crippen molar-refractivity contribution < 1.29 is 10.2 Å². The molecule has 2 nitrogen and oxygen atoms in total. The van der Waals surface area contributed by atoms with Crippen molar-refractivity contribution >= 4 is 0 Å². The summed E-state index contributed by atoms with van der Waals surface area (Å²) < 4.78 is 0. The molecule has 0 aromatic carbocycles. The summed E-state index contributed by atoms with van der Waals surface area (Å²) in [6, 6.07) is 0. The van der Waals surface area contributed by atoms with Gasteiger partial charge in [0, 0.05) is 0 Å². The zero-order valence-corrected chi connectivity index (χ0v) is 19.7. The van der Waals surface area contributed by atoms with E-state index in [0.29, 0.717) is 28.6 Å². The summed E-state index contributed by atoms with van der Waals surface area (Å²) in [6.07, 6.45) is 14.0. The molecule has 0 amide bonds. The lowest BCUT2D eigenvalue weighted by Crippen LogP contribution is -2.51. The molecule has 166 valence electrons. The number of aliphatic hydroxyl groups excluding tert-OH is 2. The first-order valence-electron chi connectivity index (χ1n) is 12.7. The molecule has 0 aromatic rings. The highest BCUT2D eigenvalue weighted by Crippen LogP contribution is 2.67. The fraction of sp³-hybridized carbons (Fsp3) is 0.926. The Morgan fingerprint density at radius 1 is 1.03 bits per heavy atom. The molecule has 3 fully saturated rings. The monoisotopic (exact) mass is 402 g/mol. The second-order valence-corrected chi connectivity index (χ2v) is 12.3. The predicted molar refractivity (Wildman–Crippen MR) is 120 cm³/mol. The van der Waals surface area contributed by atoms with Crippen LogP contribution in [0.2, 0.25) is 0 Å². The molecule has 29 heavy (non-hydrogen) atoms. The highest BCUT2D eigenvalue weighted by atomic mass is 16.3. The zero-order valence-electron chi connectivity index (χ0n) is 19.7. The van der Waals surface area contributed by atoms with Crippen LogP contribution in [0.25, 0.3) is 0 Å². The molecule has 4 aliphatic carbocycles. The van der Waals surface area contributed by atoms with Crippen molar-refractivity contribution in [3.05, 3.63) is 11.6 Å². The SMILES string of the molecule is CC(C)CCC[C@@H](C)[C@H]1[C@H](O)C[C@H]2[C@@H]3CC=C4CC(O)CC[C@]4(C)[C@H]3CC[C@]12C. The first kappa shape index (κ1) is 21.9. The molecular formula is C27H46O2. The minimum absolute atomic E-state index is 0.107. The van der Waals surface area contributed by atoms with Gasteiger partial charge in [-0.25, -0.2) is 0 Å². The number of hydrogen-bond acceptors (Lipinski definition) is 2. The van der Waals surface area contributed by atoms with E-state index in [9.17, 15) is 10.2 Å². The van der Waals surface area contributed by atoms with Crippen LogP contribution in [0.4, 0.5) is 0 Å². The Hall–Kier alpha value is -0.340. The van der Waals surface area contributed by atoms with Gasteiger partial charge in [-0.05, 0) is 91.3 Å². The second-order valence-electron chi connectivity index (χ2n) is 12.3. The van der Waals surface area contributed by atoms with Crippen molar-refractivity contribution in [2.24, 2.45) is 46.3 Å². The van der Waals surface area contributed by atoms with Gasteiger partial charge in [0.2, 0.25) is 0 Å². The van der Waals surface area contributed by atoms with E-state index >= 15 is 0 Å². The Kier molecular flexibility index (Phi) is 6.01. The van der Waals surface area contributed by atoms with Crippen LogP contribution in [0.1, 0.15) is 98.8 Å². The highest BCUT2D eigenvalue weighted by molar-refractivity contribution is 5.25. The Bertz CT molecular complexity index is 624. The molecule has 3 saturated carbocycles. The van der Waals surface area contributed by atoms with Crippen molar-refractivity contribution in [2.75, 3.05) is 0 Å². The van der Waals surface area contributed by atoms with Gasteiger partial charge in [-0.1, -0.05) is 65.5 Å². The minimum atomic E-state index is -0.121. The van der Waals surface area contributed by atoms with Crippen LogP contribution in [-0.4, -0.2) is 22.4 Å². The third-order valence-electron chi connectivity index (χ3n) is 10.2. The Labute approximate surface area is 179 Å². The van der Waals surface area contributed by atoms with Gasteiger partial charge in [0.25, 0.3) is 0 Å². The maximum Gasteiger partial charge on any atom is 0.0579 e. The standard InChI is InChI=1S/C27H46O2/c1-17(2)7-6-8-18(3)25-24(29)16-23-21-10-9-19-15-20(28)11-13-26(19,4)22(21)12-14-27(23,25)5/h9,17-18,20-25,28-29H,6-8,10-16H2,1-5H3/t18-,20?,21-,22+,23+,24-,25+,26+,27+/m1/s1. The van der Waals surface area contributed by atoms with E-state index < -0.39 is 0 Å². The quantitative estimate of drug-likeness (QED) is 0.525. The van der Waals surface area contributed by atoms with Crippen molar-refractivity contribution in [3.63, 3.8) is 0 Å². The molecule has 0 bridgehead atoms. The molecular weight excluding hydrogens is 356 g/mol. The summed E-state index contributed by atoms with van der Waals surface area (Å²) in [5, 5.41) is 21.4. The van der Waals surface area contributed by atoms with Crippen LogP contribution < -0.4 is 0 Å². The molecule has 2 heteroatoms. The third kappa shape index (κ3) is 3.65. The molecule has 0 heterocycles. The Morgan fingerprint density at radius 2 is 1.79 bits per heavy atom. The molecule has 0 aromatic heterocycles. The first-order chi connectivity index (χ1) is 13.7. The van der Waals surface area contributed by atoms with E-state index in [0.717, 1.165) is 43.4 Å². The number of fused-ring (bicyclic) bond motifs is 5. The number of aliphatic hydroxyl groups is 2. The lowest BCUT2D eigenvalue weighted by Gasteiger charge is -2.58. The van der Waals surface area contributed by atoms with Gasteiger partial charge in [-0.3, -0.25) is 0 Å². The smallest absolute Gasteiger partial charge is 0.0579 e. The molecule has 0 saturated heterocycles. The van der Waals surface area contributed by atoms with Crippen LogP contribution >= 0.6 is 0 Å². The van der Waals surface area contributed by atoms with E-state index in [1.54, 1.807) is 5.57 Å². The van der Waals surface area contributed by atoms with Crippen molar-refractivity contribution in [3.8, 4) is 0 Å². The van der Waals surface area contributed by atoms with Gasteiger partial charge >= 0.3 is 0 Å². The molecule has 0 radical (unpaired) electrons. The van der Waals surface area contributed by atoms with Gasteiger partial charge < -0.3 is 10.2 Å². The summed E-state index contributed by atoms with van der Waals surface area (Å²) in [5.74, 6) is 4.07. The summed E-state index contributed by atoms with van der Waals surface area (Å²) in [6.45, 7) is 12.1. The molecule has 1 unspecified atom stereocenters. The summed E-state index contributed by atoms with van der Waals surface area (Å²) in [5.41, 5.74) is 2.17. The highest BCUT2D eigenvalue weighted by Gasteiger charge is 2.61. The van der Waals surface area contributed by atoms with E-state index in [-0.39, 0.29) is 12.2 Å². The van der Waals surface area contributed by atoms with Gasteiger partial charge in [-0.2, -0.15) is 0 Å². The minimum Gasteiger partial charge on any atom is -0.393 e. The predicted octanol–water partition coefficient (Wildman–Crippen LogP) is 6.36. The molecule has 2 N–H and O–H groups in total. The fourth-order valence-corrected chi connectivity index (χ4v) is 8.75. The van der Waals surface area contributed by atoms with Crippen LogP contribution in [0, 0.1) is 46.3 Å². The zero-order chi connectivity index (χ0) is 21.0. The summed E-state index contributed by atoms with van der Waals surface area (Å²) >= 11 is 0. The molecule has 9 atom stereocenters. The lowest BCUT2D eigenvalue weighted by atomic mass is 9.47. The molecule has 0 spiro atoms. The first-order valence-corrected chi connectivity index (χ1v) is 12.7. The maximum atomic E-state index is 11.2. The largest absolute Gasteiger partial charge is 0.393 e. The van der Waals surface area contributed by atoms with Crippen molar-refractivity contribution in [1.82, 2.24) is 0 Å². The number of hydrogen-bond donors (Lipinski definition) is 2. The van der Waals surface area contributed by atoms with Crippen LogP contribution in [0.15, 0.2) is 11.6 Å². The van der Waals surface area contributed by atoms with Gasteiger partial charge in [-0.15, -0.1) is 0 Å². The van der Waals surface area contributed by atoms with Crippen LogP contribution in [-0.2, 0) is 0 Å². The van der Waals surface area contributed by atoms with E-state index in [1.807, 2.05) is 0 Å². The Balaban J connectivity index is 1.53. The van der Waals surface area contributed by atoms with E-state index in [1.165, 1.54) is 38.5 Å². The van der Waals surface area contributed by atoms with Crippen molar-refractivity contribution in [2.45, 2.75) is 111 Å². The van der Waals surface area contributed by atoms with Gasteiger partial charge in [0.05, 0.1) is 12.2 Å². The second kappa shape index (κ2) is 7.97. The Morgan fingerprint density at radius 3 is 2.52 bits per heavy atom. The van der Waals surface area contributed by atoms with Gasteiger partial charge in [0.15, 0.2) is 0 Å². The summed E-state index contributed by atoms with van der Waals surface area (Å²) in [4.78, 5) is 0. The molecule has 0 aliphatic heterocycles. The van der Waals surface area contributed by atoms with E-state index in [4.69, 9.17) is 0 Å². The van der Waals surface area contributed by atoms with Gasteiger partial charge in [0.1, 0.15) is 0 Å². The van der Waals surface area contributed by atoms with Crippen LogP contribution in [0.5, 0.6) is 0 Å². The van der Waals surface area contributed by atoms with Crippen LogP contribution in [0.3, 0.4) is 0 Å². The lowest BCUT2D eigenvalue weighted by molar-refractivity contribution is -0.0620.